The minimum Gasteiger partial charge on any atom is -0.496 e. The zero-order chi connectivity index (χ0) is 10.9. The van der Waals surface area contributed by atoms with Crippen molar-refractivity contribution in [3.05, 3.63) is 28.2 Å². The molecule has 1 aliphatic rings. The smallest absolute Gasteiger partial charge is 0.133 e. The molecule has 0 amide bonds. The highest BCUT2D eigenvalue weighted by atomic mass is 79.9. The fraction of sp³-hybridized carbons (Fsp3) is 0.500. The van der Waals surface area contributed by atoms with Crippen LogP contribution < -0.4 is 10.5 Å². The topological polar surface area (TPSA) is 35.2 Å². The van der Waals surface area contributed by atoms with E-state index in [0.717, 1.165) is 23.1 Å². The first-order chi connectivity index (χ1) is 7.17. The van der Waals surface area contributed by atoms with Crippen molar-refractivity contribution >= 4 is 15.9 Å². The van der Waals surface area contributed by atoms with Crippen LogP contribution >= 0.6 is 15.9 Å². The van der Waals surface area contributed by atoms with E-state index in [9.17, 15) is 0 Å². The summed E-state index contributed by atoms with van der Waals surface area (Å²) in [5.41, 5.74) is 7.44. The molecule has 1 aromatic rings. The van der Waals surface area contributed by atoms with Gasteiger partial charge in [-0.2, -0.15) is 0 Å². The summed E-state index contributed by atoms with van der Waals surface area (Å²) in [6, 6.07) is 6.05. The van der Waals surface area contributed by atoms with Gasteiger partial charge in [-0.15, -0.1) is 0 Å². The third kappa shape index (κ3) is 1.91. The van der Waals surface area contributed by atoms with Gasteiger partial charge in [-0.05, 0) is 40.4 Å². The van der Waals surface area contributed by atoms with Gasteiger partial charge in [0.15, 0.2) is 0 Å². The molecular formula is C12H16BrNO. The SMILES string of the molecule is COc1cccc(C2(N)CCCC2)c1Br. The van der Waals surface area contributed by atoms with Crippen molar-refractivity contribution < 1.29 is 4.74 Å². The molecular weight excluding hydrogens is 254 g/mol. The van der Waals surface area contributed by atoms with Crippen molar-refractivity contribution in [2.24, 2.45) is 5.73 Å². The molecule has 0 atom stereocenters. The molecule has 0 heterocycles. The van der Waals surface area contributed by atoms with Crippen molar-refractivity contribution in [1.82, 2.24) is 0 Å². The molecule has 15 heavy (non-hydrogen) atoms. The van der Waals surface area contributed by atoms with Crippen LogP contribution in [-0.4, -0.2) is 7.11 Å². The Balaban J connectivity index is 2.43. The van der Waals surface area contributed by atoms with Crippen molar-refractivity contribution in [3.8, 4) is 5.75 Å². The van der Waals surface area contributed by atoms with E-state index >= 15 is 0 Å². The quantitative estimate of drug-likeness (QED) is 0.895. The fourth-order valence-electron chi connectivity index (χ4n) is 2.33. The highest BCUT2D eigenvalue weighted by Crippen LogP contribution is 2.42. The van der Waals surface area contributed by atoms with Gasteiger partial charge in [-0.3, -0.25) is 0 Å². The number of benzene rings is 1. The van der Waals surface area contributed by atoms with E-state index in [4.69, 9.17) is 10.5 Å². The van der Waals surface area contributed by atoms with Crippen LogP contribution in [0.2, 0.25) is 0 Å². The lowest BCUT2D eigenvalue weighted by molar-refractivity contribution is 0.404. The number of hydrogen-bond acceptors (Lipinski definition) is 2. The Kier molecular flexibility index (Phi) is 3.03. The Hall–Kier alpha value is -0.540. The molecule has 0 radical (unpaired) electrons. The average molecular weight is 270 g/mol. The second kappa shape index (κ2) is 4.14. The van der Waals surface area contributed by atoms with Crippen LogP contribution in [-0.2, 0) is 5.54 Å². The number of hydrogen-bond donors (Lipinski definition) is 1. The molecule has 82 valence electrons. The molecule has 0 spiro atoms. The van der Waals surface area contributed by atoms with Crippen molar-refractivity contribution in [1.29, 1.82) is 0 Å². The lowest BCUT2D eigenvalue weighted by Gasteiger charge is -2.26. The Labute approximate surface area is 98.9 Å². The summed E-state index contributed by atoms with van der Waals surface area (Å²) in [6.07, 6.45) is 4.58. The maximum absolute atomic E-state index is 6.42. The molecule has 0 aliphatic heterocycles. The minimum absolute atomic E-state index is 0.159. The maximum atomic E-state index is 6.42. The van der Waals surface area contributed by atoms with E-state index in [2.05, 4.69) is 22.0 Å². The number of ether oxygens (including phenoxy) is 1. The Bertz CT molecular complexity index is 359. The van der Waals surface area contributed by atoms with Crippen molar-refractivity contribution in [2.45, 2.75) is 31.2 Å². The summed E-state index contributed by atoms with van der Waals surface area (Å²) in [6.45, 7) is 0. The van der Waals surface area contributed by atoms with Crippen LogP contribution in [0.3, 0.4) is 0 Å². The maximum Gasteiger partial charge on any atom is 0.133 e. The monoisotopic (exact) mass is 269 g/mol. The van der Waals surface area contributed by atoms with Gasteiger partial charge in [0, 0.05) is 5.54 Å². The first-order valence-corrected chi connectivity index (χ1v) is 6.08. The van der Waals surface area contributed by atoms with Crippen molar-refractivity contribution in [2.75, 3.05) is 7.11 Å². The van der Waals surface area contributed by atoms with Crippen LogP contribution in [0.4, 0.5) is 0 Å². The lowest BCUT2D eigenvalue weighted by atomic mass is 9.89. The number of rotatable bonds is 2. The summed E-state index contributed by atoms with van der Waals surface area (Å²) in [7, 11) is 1.68. The molecule has 2 nitrogen and oxygen atoms in total. The fourth-order valence-corrected chi connectivity index (χ4v) is 3.15. The second-order valence-electron chi connectivity index (χ2n) is 4.19. The first kappa shape index (κ1) is 11.0. The average Bonchev–Trinajstić information content (AvgIpc) is 2.66. The van der Waals surface area contributed by atoms with Crippen LogP contribution in [0.25, 0.3) is 0 Å². The molecule has 1 aromatic carbocycles. The van der Waals surface area contributed by atoms with Gasteiger partial charge in [0.2, 0.25) is 0 Å². The van der Waals surface area contributed by atoms with Crippen molar-refractivity contribution in [3.63, 3.8) is 0 Å². The Morgan fingerprint density at radius 3 is 2.60 bits per heavy atom. The van der Waals surface area contributed by atoms with Crippen LogP contribution in [0.15, 0.2) is 22.7 Å². The van der Waals surface area contributed by atoms with Gasteiger partial charge in [0.25, 0.3) is 0 Å². The molecule has 2 N–H and O–H groups in total. The molecule has 1 saturated carbocycles. The lowest BCUT2D eigenvalue weighted by Crippen LogP contribution is -2.33. The third-order valence-corrected chi connectivity index (χ3v) is 4.03. The van der Waals surface area contributed by atoms with E-state index in [0.29, 0.717) is 0 Å². The Morgan fingerprint density at radius 2 is 2.00 bits per heavy atom. The van der Waals surface area contributed by atoms with Gasteiger partial charge >= 0.3 is 0 Å². The second-order valence-corrected chi connectivity index (χ2v) is 4.98. The highest BCUT2D eigenvalue weighted by molar-refractivity contribution is 9.10. The molecule has 0 saturated heterocycles. The zero-order valence-electron chi connectivity index (χ0n) is 8.92. The summed E-state index contributed by atoms with van der Waals surface area (Å²) in [5, 5.41) is 0. The third-order valence-electron chi connectivity index (χ3n) is 3.22. The minimum atomic E-state index is -0.159. The predicted molar refractivity (Wildman–Crippen MR) is 65.0 cm³/mol. The number of nitrogens with two attached hydrogens (primary N) is 1. The highest BCUT2D eigenvalue weighted by Gasteiger charge is 2.33. The van der Waals surface area contributed by atoms with E-state index in [1.807, 2.05) is 12.1 Å². The summed E-state index contributed by atoms with van der Waals surface area (Å²) < 4.78 is 6.30. The molecule has 3 heteroatoms. The molecule has 0 bridgehead atoms. The summed E-state index contributed by atoms with van der Waals surface area (Å²) in [5.74, 6) is 0.865. The summed E-state index contributed by atoms with van der Waals surface area (Å²) in [4.78, 5) is 0. The normalized spacial score (nSPS) is 19.1. The van der Waals surface area contributed by atoms with Gasteiger partial charge in [-0.25, -0.2) is 0 Å². The van der Waals surface area contributed by atoms with E-state index in [1.165, 1.54) is 18.4 Å². The standard InChI is InChI=1S/C12H16BrNO/c1-15-10-6-4-5-9(11(10)13)12(14)7-2-3-8-12/h4-6H,2-3,7-8,14H2,1H3. The van der Waals surface area contributed by atoms with E-state index in [1.54, 1.807) is 7.11 Å². The first-order valence-electron chi connectivity index (χ1n) is 5.29. The van der Waals surface area contributed by atoms with Crippen LogP contribution in [0, 0.1) is 0 Å². The summed E-state index contributed by atoms with van der Waals surface area (Å²) >= 11 is 3.58. The van der Waals surface area contributed by atoms with Gasteiger partial charge < -0.3 is 10.5 Å². The molecule has 1 aliphatic carbocycles. The number of halogens is 1. The van der Waals surface area contributed by atoms with E-state index in [-0.39, 0.29) is 5.54 Å². The molecule has 0 aromatic heterocycles. The molecule has 1 fully saturated rings. The zero-order valence-corrected chi connectivity index (χ0v) is 10.5. The Morgan fingerprint density at radius 1 is 1.33 bits per heavy atom. The molecule has 0 unspecified atom stereocenters. The number of methoxy groups -OCH3 is 1. The van der Waals surface area contributed by atoms with E-state index < -0.39 is 0 Å². The van der Waals surface area contributed by atoms with Crippen LogP contribution in [0.5, 0.6) is 5.75 Å². The van der Waals surface area contributed by atoms with Crippen LogP contribution in [0.1, 0.15) is 31.2 Å². The predicted octanol–water partition coefficient (Wildman–Crippen LogP) is 3.19. The van der Waals surface area contributed by atoms with Gasteiger partial charge in [-0.1, -0.05) is 25.0 Å². The van der Waals surface area contributed by atoms with Gasteiger partial charge in [0.05, 0.1) is 11.6 Å². The molecule has 2 rings (SSSR count). The van der Waals surface area contributed by atoms with Gasteiger partial charge in [0.1, 0.15) is 5.75 Å². The largest absolute Gasteiger partial charge is 0.496 e.